The van der Waals surface area contributed by atoms with Gasteiger partial charge in [-0.05, 0) is 37.5 Å². The van der Waals surface area contributed by atoms with Gasteiger partial charge < -0.3 is 14.7 Å². The predicted molar refractivity (Wildman–Crippen MR) is 78.7 cm³/mol. The van der Waals surface area contributed by atoms with Gasteiger partial charge in [-0.1, -0.05) is 13.0 Å². The van der Waals surface area contributed by atoms with Crippen LogP contribution in [0.25, 0.3) is 0 Å². The first-order valence-corrected chi connectivity index (χ1v) is 7.18. The van der Waals surface area contributed by atoms with E-state index in [-0.39, 0.29) is 19.1 Å². The zero-order valence-electron chi connectivity index (χ0n) is 12.7. The molecule has 2 rings (SSSR count). The molecule has 0 bridgehead atoms. The van der Waals surface area contributed by atoms with Crippen LogP contribution in [0.4, 0.5) is 0 Å². The minimum Gasteiger partial charge on any atom is -0.492 e. The third-order valence-corrected chi connectivity index (χ3v) is 3.84. The van der Waals surface area contributed by atoms with Crippen molar-refractivity contribution in [1.29, 1.82) is 0 Å². The Kier molecular flexibility index (Phi) is 4.50. The third-order valence-electron chi connectivity index (χ3n) is 3.84. The normalized spacial score (nSPS) is 16.2. The van der Waals surface area contributed by atoms with Crippen molar-refractivity contribution in [3.05, 3.63) is 28.8 Å². The number of hydrogen-bond donors (Lipinski definition) is 1. The van der Waals surface area contributed by atoms with E-state index < -0.39 is 11.9 Å². The highest BCUT2D eigenvalue weighted by Crippen LogP contribution is 2.37. The van der Waals surface area contributed by atoms with Crippen LogP contribution in [0.3, 0.4) is 0 Å². The lowest BCUT2D eigenvalue weighted by molar-refractivity contribution is -0.145. The van der Waals surface area contributed by atoms with Gasteiger partial charge in [0.1, 0.15) is 24.8 Å². The molecule has 0 saturated heterocycles. The lowest BCUT2D eigenvalue weighted by atomic mass is 9.96. The molecule has 0 aromatic heterocycles. The number of carbonyl (C=O) groups excluding carboxylic acids is 1. The van der Waals surface area contributed by atoms with E-state index in [1.807, 2.05) is 32.9 Å². The standard InChI is InChI=1S/C16H21NO4/c1-4-5-17(8-15(18)19)16(20)13-9-21-14-7-11(3)10(2)6-12(13)14/h6-7,13H,4-5,8-9H2,1-3H3,(H,18,19). The largest absolute Gasteiger partial charge is 0.492 e. The summed E-state index contributed by atoms with van der Waals surface area (Å²) in [5.41, 5.74) is 3.10. The van der Waals surface area contributed by atoms with Crippen molar-refractivity contribution in [2.24, 2.45) is 0 Å². The molecule has 0 radical (unpaired) electrons. The summed E-state index contributed by atoms with van der Waals surface area (Å²) in [6.07, 6.45) is 0.729. The maximum absolute atomic E-state index is 12.6. The Bertz CT molecular complexity index is 568. The van der Waals surface area contributed by atoms with Crippen molar-refractivity contribution in [1.82, 2.24) is 4.90 Å². The van der Waals surface area contributed by atoms with Crippen LogP contribution in [0.2, 0.25) is 0 Å². The molecule has 0 saturated carbocycles. The van der Waals surface area contributed by atoms with Gasteiger partial charge in [-0.2, -0.15) is 0 Å². The van der Waals surface area contributed by atoms with Gasteiger partial charge in [0.2, 0.25) is 5.91 Å². The average Bonchev–Trinajstić information content (AvgIpc) is 2.80. The second kappa shape index (κ2) is 6.16. The molecule has 1 amide bonds. The molecule has 1 atom stereocenters. The molecule has 5 heteroatoms. The van der Waals surface area contributed by atoms with E-state index in [2.05, 4.69) is 0 Å². The number of hydrogen-bond acceptors (Lipinski definition) is 3. The van der Waals surface area contributed by atoms with Gasteiger partial charge in [0.25, 0.3) is 0 Å². The molecule has 114 valence electrons. The number of nitrogens with zero attached hydrogens (tertiary/aromatic N) is 1. The smallest absolute Gasteiger partial charge is 0.323 e. The Balaban J connectivity index is 2.25. The summed E-state index contributed by atoms with van der Waals surface area (Å²) in [5.74, 6) is -0.814. The summed E-state index contributed by atoms with van der Waals surface area (Å²) in [6.45, 7) is 6.40. The molecule has 1 N–H and O–H groups in total. The summed E-state index contributed by atoms with van der Waals surface area (Å²) in [7, 11) is 0. The van der Waals surface area contributed by atoms with E-state index in [4.69, 9.17) is 9.84 Å². The Morgan fingerprint density at radius 2 is 2.00 bits per heavy atom. The van der Waals surface area contributed by atoms with E-state index in [1.54, 1.807) is 0 Å². The van der Waals surface area contributed by atoms with Crippen LogP contribution in [0.1, 0.15) is 36.0 Å². The SMILES string of the molecule is CCCN(CC(=O)O)C(=O)C1COc2cc(C)c(C)cc21. The van der Waals surface area contributed by atoms with Crippen LogP contribution in [0, 0.1) is 13.8 Å². The zero-order valence-corrected chi connectivity index (χ0v) is 12.7. The van der Waals surface area contributed by atoms with E-state index >= 15 is 0 Å². The first-order chi connectivity index (χ1) is 9.93. The summed E-state index contributed by atoms with van der Waals surface area (Å²) < 4.78 is 5.61. The molecule has 0 fully saturated rings. The maximum Gasteiger partial charge on any atom is 0.323 e. The maximum atomic E-state index is 12.6. The van der Waals surface area contributed by atoms with E-state index in [0.717, 1.165) is 28.9 Å². The lowest BCUT2D eigenvalue weighted by Gasteiger charge is -2.23. The number of carboxylic acid groups (broad SMARTS) is 1. The Hall–Kier alpha value is -2.04. The van der Waals surface area contributed by atoms with Crippen LogP contribution >= 0.6 is 0 Å². The first kappa shape index (κ1) is 15.4. The lowest BCUT2D eigenvalue weighted by Crippen LogP contribution is -2.39. The van der Waals surface area contributed by atoms with Crippen molar-refractivity contribution >= 4 is 11.9 Å². The number of carboxylic acids is 1. The van der Waals surface area contributed by atoms with Gasteiger partial charge in [-0.3, -0.25) is 9.59 Å². The topological polar surface area (TPSA) is 66.8 Å². The Morgan fingerprint density at radius 3 is 2.62 bits per heavy atom. The number of aryl methyl sites for hydroxylation is 2. The fourth-order valence-electron chi connectivity index (χ4n) is 2.60. The van der Waals surface area contributed by atoms with Crippen molar-refractivity contribution in [3.8, 4) is 5.75 Å². The van der Waals surface area contributed by atoms with Gasteiger partial charge in [0.05, 0.1) is 0 Å². The van der Waals surface area contributed by atoms with Gasteiger partial charge in [-0.25, -0.2) is 0 Å². The predicted octanol–water partition coefficient (Wildman–Crippen LogP) is 2.10. The second-order valence-corrected chi connectivity index (χ2v) is 5.49. The van der Waals surface area contributed by atoms with Crippen molar-refractivity contribution in [2.45, 2.75) is 33.1 Å². The quantitative estimate of drug-likeness (QED) is 0.902. The fraction of sp³-hybridized carbons (Fsp3) is 0.500. The van der Waals surface area contributed by atoms with Crippen molar-refractivity contribution in [3.63, 3.8) is 0 Å². The van der Waals surface area contributed by atoms with Crippen LogP contribution in [0.15, 0.2) is 12.1 Å². The van der Waals surface area contributed by atoms with Gasteiger partial charge in [-0.15, -0.1) is 0 Å². The highest BCUT2D eigenvalue weighted by atomic mass is 16.5. The number of rotatable bonds is 5. The fourth-order valence-corrected chi connectivity index (χ4v) is 2.60. The number of aliphatic carboxylic acids is 1. The summed E-state index contributed by atoms with van der Waals surface area (Å²) in [6, 6.07) is 3.92. The van der Waals surface area contributed by atoms with Crippen LogP contribution < -0.4 is 4.74 Å². The van der Waals surface area contributed by atoms with Gasteiger partial charge >= 0.3 is 5.97 Å². The van der Waals surface area contributed by atoms with Crippen LogP contribution in [-0.4, -0.2) is 41.6 Å². The molecule has 1 aromatic carbocycles. The number of fused-ring (bicyclic) bond motifs is 1. The molecule has 1 aliphatic rings. The minimum atomic E-state index is -0.990. The Morgan fingerprint density at radius 1 is 1.33 bits per heavy atom. The van der Waals surface area contributed by atoms with Crippen molar-refractivity contribution < 1.29 is 19.4 Å². The minimum absolute atomic E-state index is 0.166. The molecule has 1 heterocycles. The van der Waals surface area contributed by atoms with Gasteiger partial charge in [0.15, 0.2) is 0 Å². The monoisotopic (exact) mass is 291 g/mol. The Labute approximate surface area is 124 Å². The molecule has 1 aromatic rings. The molecule has 0 aliphatic carbocycles. The number of benzene rings is 1. The number of carbonyl (C=O) groups is 2. The highest BCUT2D eigenvalue weighted by molar-refractivity contribution is 5.88. The summed E-state index contributed by atoms with van der Waals surface area (Å²) in [5, 5.41) is 8.95. The van der Waals surface area contributed by atoms with Crippen LogP contribution in [-0.2, 0) is 9.59 Å². The molecular formula is C16H21NO4. The van der Waals surface area contributed by atoms with Crippen LogP contribution in [0.5, 0.6) is 5.75 Å². The second-order valence-electron chi connectivity index (χ2n) is 5.49. The number of ether oxygens (including phenoxy) is 1. The van der Waals surface area contributed by atoms with Gasteiger partial charge in [0, 0.05) is 12.1 Å². The van der Waals surface area contributed by atoms with E-state index in [0.29, 0.717) is 6.54 Å². The zero-order chi connectivity index (χ0) is 15.6. The molecule has 1 aliphatic heterocycles. The molecule has 1 unspecified atom stereocenters. The van der Waals surface area contributed by atoms with E-state index in [1.165, 1.54) is 4.90 Å². The van der Waals surface area contributed by atoms with Crippen molar-refractivity contribution in [2.75, 3.05) is 19.7 Å². The molecule has 21 heavy (non-hydrogen) atoms. The summed E-state index contributed by atoms with van der Waals surface area (Å²) in [4.78, 5) is 24.9. The summed E-state index contributed by atoms with van der Waals surface area (Å²) >= 11 is 0. The molecule has 5 nitrogen and oxygen atoms in total. The molecule has 0 spiro atoms. The first-order valence-electron chi connectivity index (χ1n) is 7.18. The number of amides is 1. The third kappa shape index (κ3) is 3.17. The molecular weight excluding hydrogens is 270 g/mol. The average molecular weight is 291 g/mol. The van der Waals surface area contributed by atoms with E-state index in [9.17, 15) is 9.59 Å². The highest BCUT2D eigenvalue weighted by Gasteiger charge is 2.34.